The molecule has 0 N–H and O–H groups in total. The molecule has 0 aliphatic carbocycles. The van der Waals surface area contributed by atoms with Crippen LogP contribution in [0.4, 0.5) is 0 Å². The van der Waals surface area contributed by atoms with Gasteiger partial charge in [0.25, 0.3) is 0 Å². The van der Waals surface area contributed by atoms with E-state index in [2.05, 4.69) is 4.98 Å². The van der Waals surface area contributed by atoms with E-state index in [0.717, 1.165) is 11.3 Å². The van der Waals surface area contributed by atoms with Crippen molar-refractivity contribution in [3.8, 4) is 0 Å². The molecule has 17 heavy (non-hydrogen) atoms. The number of esters is 2. The van der Waals surface area contributed by atoms with Crippen molar-refractivity contribution in [1.29, 1.82) is 0 Å². The Hall–Kier alpha value is -1.43. The molecule has 1 heterocycles. The second-order valence-corrected chi connectivity index (χ2v) is 5.12. The first-order valence-corrected chi connectivity index (χ1v) is 6.07. The van der Waals surface area contributed by atoms with Crippen molar-refractivity contribution in [2.45, 2.75) is 33.3 Å². The fraction of sp³-hybridized carbons (Fsp3) is 0.545. The van der Waals surface area contributed by atoms with E-state index in [1.165, 1.54) is 5.38 Å². The summed E-state index contributed by atoms with van der Waals surface area (Å²) < 4.78 is 9.91. The normalized spacial score (nSPS) is 11.1. The van der Waals surface area contributed by atoms with Crippen LogP contribution in [-0.2, 0) is 9.47 Å². The molecular formula is C11H15NO4S. The van der Waals surface area contributed by atoms with Gasteiger partial charge in [-0.2, -0.15) is 0 Å². The summed E-state index contributed by atoms with van der Waals surface area (Å²) in [6.07, 6.45) is 0. The molecule has 0 spiro atoms. The lowest BCUT2D eigenvalue weighted by molar-refractivity contribution is 0.00637. The lowest BCUT2D eigenvalue weighted by atomic mass is 10.2. The molecule has 0 aliphatic rings. The van der Waals surface area contributed by atoms with E-state index in [1.54, 1.807) is 27.7 Å². The topological polar surface area (TPSA) is 65.5 Å². The van der Waals surface area contributed by atoms with E-state index in [1.807, 2.05) is 0 Å². The molecule has 1 aromatic heterocycles. The largest absolute Gasteiger partial charge is 0.461 e. The minimum Gasteiger partial charge on any atom is -0.461 e. The monoisotopic (exact) mass is 257 g/mol. The number of hydrogen-bond acceptors (Lipinski definition) is 6. The van der Waals surface area contributed by atoms with E-state index < -0.39 is 17.5 Å². The first kappa shape index (κ1) is 13.6. The summed E-state index contributed by atoms with van der Waals surface area (Å²) in [6.45, 7) is 7.29. The second kappa shape index (κ2) is 5.27. The van der Waals surface area contributed by atoms with Gasteiger partial charge in [-0.25, -0.2) is 14.6 Å². The Balaban J connectivity index is 2.74. The highest BCUT2D eigenvalue weighted by Gasteiger charge is 2.22. The molecule has 1 rings (SSSR count). The van der Waals surface area contributed by atoms with Gasteiger partial charge in [-0.05, 0) is 27.7 Å². The Morgan fingerprint density at radius 2 is 2.00 bits per heavy atom. The fourth-order valence-corrected chi connectivity index (χ4v) is 1.66. The van der Waals surface area contributed by atoms with E-state index in [-0.39, 0.29) is 17.3 Å². The number of thiazole rings is 1. The minimum atomic E-state index is -0.579. The zero-order valence-electron chi connectivity index (χ0n) is 10.3. The Kier molecular flexibility index (Phi) is 4.22. The van der Waals surface area contributed by atoms with Gasteiger partial charge in [0.1, 0.15) is 5.60 Å². The van der Waals surface area contributed by atoms with Crippen molar-refractivity contribution in [2.75, 3.05) is 6.61 Å². The molecule has 0 fully saturated rings. The molecule has 0 amide bonds. The molecule has 0 atom stereocenters. The number of carbonyl (C=O) groups excluding carboxylic acids is 2. The average Bonchev–Trinajstić information content (AvgIpc) is 2.63. The Labute approximate surface area is 104 Å². The summed E-state index contributed by atoms with van der Waals surface area (Å²) in [5, 5.41) is 1.65. The van der Waals surface area contributed by atoms with Crippen molar-refractivity contribution >= 4 is 23.3 Å². The molecule has 1 aromatic rings. The highest BCUT2D eigenvalue weighted by atomic mass is 32.1. The van der Waals surface area contributed by atoms with Crippen LogP contribution in [0.3, 0.4) is 0 Å². The Morgan fingerprint density at radius 1 is 1.35 bits per heavy atom. The number of aromatic nitrogens is 1. The maximum Gasteiger partial charge on any atom is 0.367 e. The molecule has 0 aliphatic heterocycles. The van der Waals surface area contributed by atoms with E-state index >= 15 is 0 Å². The summed E-state index contributed by atoms with van der Waals surface area (Å²) in [7, 11) is 0. The van der Waals surface area contributed by atoms with Crippen LogP contribution in [0.25, 0.3) is 0 Å². The maximum atomic E-state index is 11.6. The van der Waals surface area contributed by atoms with Crippen molar-refractivity contribution < 1.29 is 19.1 Å². The number of carbonyl (C=O) groups is 2. The van der Waals surface area contributed by atoms with Crippen molar-refractivity contribution in [1.82, 2.24) is 4.98 Å². The highest BCUT2D eigenvalue weighted by molar-refractivity contribution is 7.11. The lowest BCUT2D eigenvalue weighted by Crippen LogP contribution is -2.24. The van der Waals surface area contributed by atoms with Gasteiger partial charge in [0.15, 0.2) is 5.69 Å². The molecule has 0 aromatic carbocycles. The van der Waals surface area contributed by atoms with E-state index in [9.17, 15) is 9.59 Å². The molecule has 6 heteroatoms. The molecule has 0 unspecified atom stereocenters. The number of hydrogen-bond donors (Lipinski definition) is 0. The maximum absolute atomic E-state index is 11.6. The third-order valence-electron chi connectivity index (χ3n) is 1.56. The molecule has 94 valence electrons. The third kappa shape index (κ3) is 4.14. The standard InChI is InChI=1S/C11H15NO4S/c1-5-15-10(14)8-12-7(6-17-8)9(13)16-11(2,3)4/h6H,5H2,1-4H3. The Bertz CT molecular complexity index is 419. The van der Waals surface area contributed by atoms with Gasteiger partial charge in [-0.15, -0.1) is 11.3 Å². The Morgan fingerprint density at radius 3 is 2.53 bits per heavy atom. The highest BCUT2D eigenvalue weighted by Crippen LogP contribution is 2.15. The van der Waals surface area contributed by atoms with E-state index in [4.69, 9.17) is 9.47 Å². The smallest absolute Gasteiger partial charge is 0.367 e. The van der Waals surface area contributed by atoms with Crippen LogP contribution in [0, 0.1) is 0 Å². The first-order chi connectivity index (χ1) is 7.83. The number of ether oxygens (including phenoxy) is 2. The molecule has 0 bridgehead atoms. The summed E-state index contributed by atoms with van der Waals surface area (Å²) in [4.78, 5) is 26.8. The van der Waals surface area contributed by atoms with Crippen LogP contribution < -0.4 is 0 Å². The van der Waals surface area contributed by atoms with Crippen molar-refractivity contribution in [3.63, 3.8) is 0 Å². The van der Waals surface area contributed by atoms with Crippen LogP contribution in [0.5, 0.6) is 0 Å². The molecular weight excluding hydrogens is 242 g/mol. The van der Waals surface area contributed by atoms with Crippen LogP contribution in [-0.4, -0.2) is 29.1 Å². The molecule has 0 saturated heterocycles. The number of nitrogens with zero attached hydrogens (tertiary/aromatic N) is 1. The van der Waals surface area contributed by atoms with Crippen LogP contribution in [0.2, 0.25) is 0 Å². The van der Waals surface area contributed by atoms with Gasteiger partial charge < -0.3 is 9.47 Å². The zero-order valence-corrected chi connectivity index (χ0v) is 11.1. The quantitative estimate of drug-likeness (QED) is 0.777. The SMILES string of the molecule is CCOC(=O)c1nc(C(=O)OC(C)(C)C)cs1. The molecule has 5 nitrogen and oxygen atoms in total. The van der Waals surface area contributed by atoms with Gasteiger partial charge in [0.2, 0.25) is 5.01 Å². The fourth-order valence-electron chi connectivity index (χ4n) is 0.984. The summed E-state index contributed by atoms with van der Waals surface area (Å²) in [5.74, 6) is -1.06. The minimum absolute atomic E-state index is 0.132. The van der Waals surface area contributed by atoms with Gasteiger partial charge in [-0.1, -0.05) is 0 Å². The van der Waals surface area contributed by atoms with Crippen molar-refractivity contribution in [3.05, 3.63) is 16.1 Å². The van der Waals surface area contributed by atoms with Crippen molar-refractivity contribution in [2.24, 2.45) is 0 Å². The van der Waals surface area contributed by atoms with Gasteiger partial charge >= 0.3 is 11.9 Å². The molecule has 0 radical (unpaired) electrons. The molecule has 0 saturated carbocycles. The average molecular weight is 257 g/mol. The summed E-state index contributed by atoms with van der Waals surface area (Å²) >= 11 is 1.07. The summed E-state index contributed by atoms with van der Waals surface area (Å²) in [5.41, 5.74) is -0.446. The first-order valence-electron chi connectivity index (χ1n) is 5.19. The van der Waals surface area contributed by atoms with Gasteiger partial charge in [0.05, 0.1) is 6.61 Å². The predicted octanol–water partition coefficient (Wildman–Crippen LogP) is 2.28. The predicted molar refractivity (Wildman–Crippen MR) is 63.2 cm³/mol. The van der Waals surface area contributed by atoms with Crippen LogP contribution in [0.1, 0.15) is 48.0 Å². The second-order valence-electron chi connectivity index (χ2n) is 4.26. The summed E-state index contributed by atoms with van der Waals surface area (Å²) in [6, 6.07) is 0. The van der Waals surface area contributed by atoms with Gasteiger partial charge in [-0.3, -0.25) is 0 Å². The third-order valence-corrected chi connectivity index (χ3v) is 2.38. The van der Waals surface area contributed by atoms with Gasteiger partial charge in [0, 0.05) is 5.38 Å². The van der Waals surface area contributed by atoms with E-state index in [0.29, 0.717) is 0 Å². The number of rotatable bonds is 3. The van der Waals surface area contributed by atoms with Crippen LogP contribution >= 0.6 is 11.3 Å². The lowest BCUT2D eigenvalue weighted by Gasteiger charge is -2.18. The zero-order chi connectivity index (χ0) is 13.1. The van der Waals surface area contributed by atoms with Crippen LogP contribution in [0.15, 0.2) is 5.38 Å².